The SMILES string of the molecule is COc1ccccc1CN(C)[C@H](C)C(=O)Nc1ccc(S(N)(=O)=O)cc1. The van der Waals surface area contributed by atoms with Crippen molar-refractivity contribution in [1.29, 1.82) is 0 Å². The van der Waals surface area contributed by atoms with E-state index in [9.17, 15) is 13.2 Å². The predicted octanol–water partition coefficient (Wildman–Crippen LogP) is 1.80. The van der Waals surface area contributed by atoms with Crippen molar-refractivity contribution >= 4 is 21.6 Å². The molecule has 26 heavy (non-hydrogen) atoms. The fourth-order valence-electron chi connectivity index (χ4n) is 2.41. The van der Waals surface area contributed by atoms with Gasteiger partial charge in [-0.05, 0) is 44.3 Å². The number of nitrogens with two attached hydrogens (primary N) is 1. The molecular weight excluding hydrogens is 354 g/mol. The highest BCUT2D eigenvalue weighted by Crippen LogP contribution is 2.20. The molecule has 1 amide bonds. The number of benzene rings is 2. The van der Waals surface area contributed by atoms with E-state index in [0.717, 1.165) is 11.3 Å². The molecule has 1 atom stereocenters. The molecule has 0 spiro atoms. The standard InChI is InChI=1S/C18H23N3O4S/c1-13(21(2)12-14-6-4-5-7-17(14)25-3)18(22)20-15-8-10-16(11-9-15)26(19,23)24/h4-11,13H,12H2,1-3H3,(H,20,22)(H2,19,23,24)/t13-/m1/s1. The number of hydrogen-bond acceptors (Lipinski definition) is 5. The summed E-state index contributed by atoms with van der Waals surface area (Å²) in [6, 6.07) is 13.0. The van der Waals surface area contributed by atoms with Gasteiger partial charge in [-0.25, -0.2) is 13.6 Å². The van der Waals surface area contributed by atoms with Crippen LogP contribution in [-0.4, -0.2) is 39.4 Å². The van der Waals surface area contributed by atoms with Gasteiger partial charge in [-0.1, -0.05) is 18.2 Å². The van der Waals surface area contributed by atoms with Gasteiger partial charge in [0, 0.05) is 17.8 Å². The maximum absolute atomic E-state index is 12.5. The van der Waals surface area contributed by atoms with E-state index in [4.69, 9.17) is 9.88 Å². The molecule has 0 saturated carbocycles. The van der Waals surface area contributed by atoms with Crippen molar-refractivity contribution < 1.29 is 17.9 Å². The normalized spacial score (nSPS) is 12.7. The van der Waals surface area contributed by atoms with E-state index in [-0.39, 0.29) is 10.8 Å². The lowest BCUT2D eigenvalue weighted by Gasteiger charge is -2.24. The summed E-state index contributed by atoms with van der Waals surface area (Å²) in [6.45, 7) is 2.34. The fourth-order valence-corrected chi connectivity index (χ4v) is 2.93. The van der Waals surface area contributed by atoms with Crippen LogP contribution in [0.4, 0.5) is 5.69 Å². The maximum atomic E-state index is 12.5. The molecular formula is C18H23N3O4S. The van der Waals surface area contributed by atoms with Gasteiger partial charge in [-0.3, -0.25) is 9.69 Å². The van der Waals surface area contributed by atoms with E-state index < -0.39 is 16.1 Å². The van der Waals surface area contributed by atoms with Crippen molar-refractivity contribution in [2.75, 3.05) is 19.5 Å². The molecule has 2 aromatic carbocycles. The molecule has 0 bridgehead atoms. The van der Waals surface area contributed by atoms with E-state index in [2.05, 4.69) is 5.32 Å². The Kier molecular flexibility index (Phi) is 6.36. The number of ether oxygens (including phenoxy) is 1. The van der Waals surface area contributed by atoms with Crippen molar-refractivity contribution in [3.05, 3.63) is 54.1 Å². The Bertz CT molecular complexity index is 866. The molecule has 0 heterocycles. The summed E-state index contributed by atoms with van der Waals surface area (Å²) >= 11 is 0. The summed E-state index contributed by atoms with van der Waals surface area (Å²) in [5, 5.41) is 7.83. The molecule has 2 rings (SSSR count). The van der Waals surface area contributed by atoms with E-state index in [1.807, 2.05) is 36.2 Å². The van der Waals surface area contributed by atoms with Gasteiger partial charge < -0.3 is 10.1 Å². The molecule has 0 unspecified atom stereocenters. The van der Waals surface area contributed by atoms with Crippen LogP contribution in [0.15, 0.2) is 53.4 Å². The largest absolute Gasteiger partial charge is 0.496 e. The highest BCUT2D eigenvalue weighted by molar-refractivity contribution is 7.89. The highest BCUT2D eigenvalue weighted by Gasteiger charge is 2.19. The van der Waals surface area contributed by atoms with Gasteiger partial charge in [0.1, 0.15) is 5.75 Å². The summed E-state index contributed by atoms with van der Waals surface area (Å²) in [7, 11) is -0.293. The van der Waals surface area contributed by atoms with Gasteiger partial charge >= 0.3 is 0 Å². The van der Waals surface area contributed by atoms with Crippen molar-refractivity contribution in [2.24, 2.45) is 5.14 Å². The summed E-state index contributed by atoms with van der Waals surface area (Å²) in [4.78, 5) is 14.3. The zero-order chi connectivity index (χ0) is 19.3. The quantitative estimate of drug-likeness (QED) is 0.766. The van der Waals surface area contributed by atoms with Gasteiger partial charge in [0.25, 0.3) is 0 Å². The lowest BCUT2D eigenvalue weighted by molar-refractivity contribution is -0.120. The van der Waals surface area contributed by atoms with E-state index in [0.29, 0.717) is 12.2 Å². The van der Waals surface area contributed by atoms with Gasteiger partial charge in [-0.15, -0.1) is 0 Å². The number of anilines is 1. The molecule has 0 radical (unpaired) electrons. The average molecular weight is 377 g/mol. The molecule has 0 saturated heterocycles. The topological polar surface area (TPSA) is 102 Å². The molecule has 8 heteroatoms. The second-order valence-electron chi connectivity index (χ2n) is 5.96. The zero-order valence-corrected chi connectivity index (χ0v) is 15.8. The van der Waals surface area contributed by atoms with Crippen LogP contribution in [0.1, 0.15) is 12.5 Å². The van der Waals surface area contributed by atoms with Crippen LogP contribution >= 0.6 is 0 Å². The summed E-state index contributed by atoms with van der Waals surface area (Å²) < 4.78 is 27.9. The predicted molar refractivity (Wildman–Crippen MR) is 100 cm³/mol. The van der Waals surface area contributed by atoms with Gasteiger partial charge in [0.2, 0.25) is 15.9 Å². The smallest absolute Gasteiger partial charge is 0.241 e. The van der Waals surface area contributed by atoms with Crippen molar-refractivity contribution in [3.63, 3.8) is 0 Å². The number of primary sulfonamides is 1. The first-order valence-electron chi connectivity index (χ1n) is 7.98. The monoisotopic (exact) mass is 377 g/mol. The third kappa shape index (κ3) is 5.04. The number of methoxy groups -OCH3 is 1. The van der Waals surface area contributed by atoms with Crippen LogP contribution in [0, 0.1) is 0 Å². The minimum atomic E-state index is -3.75. The van der Waals surface area contributed by atoms with Gasteiger partial charge in [0.15, 0.2) is 0 Å². The number of carbonyl (C=O) groups excluding carboxylic acids is 1. The lowest BCUT2D eigenvalue weighted by Crippen LogP contribution is -2.39. The van der Waals surface area contributed by atoms with E-state index >= 15 is 0 Å². The third-order valence-electron chi connectivity index (χ3n) is 4.10. The molecule has 2 aromatic rings. The summed E-state index contributed by atoms with van der Waals surface area (Å²) in [6.07, 6.45) is 0. The first-order valence-corrected chi connectivity index (χ1v) is 9.53. The Morgan fingerprint density at radius 1 is 1.19 bits per heavy atom. The van der Waals surface area contributed by atoms with Crippen molar-refractivity contribution in [1.82, 2.24) is 4.90 Å². The molecule has 140 valence electrons. The number of nitrogens with zero attached hydrogens (tertiary/aromatic N) is 1. The molecule has 0 fully saturated rings. The second kappa shape index (κ2) is 8.31. The Morgan fingerprint density at radius 2 is 1.81 bits per heavy atom. The van der Waals surface area contributed by atoms with E-state index in [1.54, 1.807) is 14.0 Å². The second-order valence-corrected chi connectivity index (χ2v) is 7.52. The van der Waals surface area contributed by atoms with Crippen LogP contribution in [-0.2, 0) is 21.4 Å². The minimum absolute atomic E-state index is 0.00293. The fraction of sp³-hybridized carbons (Fsp3) is 0.278. The third-order valence-corrected chi connectivity index (χ3v) is 5.03. The summed E-state index contributed by atoms with van der Waals surface area (Å²) in [5.41, 5.74) is 1.48. The molecule has 0 aromatic heterocycles. The highest BCUT2D eigenvalue weighted by atomic mass is 32.2. The number of hydrogen-bond donors (Lipinski definition) is 2. The summed E-state index contributed by atoms with van der Waals surface area (Å²) in [5.74, 6) is 0.566. The van der Waals surface area contributed by atoms with E-state index in [1.165, 1.54) is 24.3 Å². The molecule has 0 aliphatic rings. The van der Waals surface area contributed by atoms with Gasteiger partial charge in [0.05, 0.1) is 18.0 Å². The Hall–Kier alpha value is -2.42. The molecule has 7 nitrogen and oxygen atoms in total. The van der Waals surface area contributed by atoms with Crippen molar-refractivity contribution in [3.8, 4) is 5.75 Å². The maximum Gasteiger partial charge on any atom is 0.241 e. The first-order chi connectivity index (χ1) is 12.2. The first kappa shape index (κ1) is 19.9. The number of sulfonamides is 1. The van der Waals surface area contributed by atoms with Crippen LogP contribution in [0.3, 0.4) is 0 Å². The lowest BCUT2D eigenvalue weighted by atomic mass is 10.1. The average Bonchev–Trinajstić information content (AvgIpc) is 2.61. The number of nitrogens with one attached hydrogen (secondary N) is 1. The molecule has 3 N–H and O–H groups in total. The van der Waals surface area contributed by atoms with Gasteiger partial charge in [-0.2, -0.15) is 0 Å². The van der Waals surface area contributed by atoms with Crippen LogP contribution in [0.25, 0.3) is 0 Å². The number of para-hydroxylation sites is 1. The Labute approximate surface area is 153 Å². The van der Waals surface area contributed by atoms with Crippen LogP contribution < -0.4 is 15.2 Å². The number of amides is 1. The van der Waals surface area contributed by atoms with Crippen LogP contribution in [0.2, 0.25) is 0 Å². The van der Waals surface area contributed by atoms with Crippen molar-refractivity contribution in [2.45, 2.75) is 24.4 Å². The Balaban J connectivity index is 2.02. The number of carbonyl (C=O) groups is 1. The minimum Gasteiger partial charge on any atom is -0.496 e. The number of likely N-dealkylation sites (N-methyl/N-ethyl adjacent to an activating group) is 1. The van der Waals surface area contributed by atoms with Crippen LogP contribution in [0.5, 0.6) is 5.75 Å². The zero-order valence-electron chi connectivity index (χ0n) is 15.0. The molecule has 0 aliphatic carbocycles. The number of rotatable bonds is 7. The Morgan fingerprint density at radius 3 is 2.38 bits per heavy atom. The molecule has 0 aliphatic heterocycles.